The predicted octanol–water partition coefficient (Wildman–Crippen LogP) is 2.22. The number of pyridine rings is 1. The van der Waals surface area contributed by atoms with Crippen LogP contribution in [0.15, 0.2) is 24.7 Å². The minimum atomic E-state index is -0.959. The number of hydrogen-bond donors (Lipinski definition) is 5. The van der Waals surface area contributed by atoms with E-state index in [-0.39, 0.29) is 24.5 Å². The number of H-pyrrole nitrogens is 1. The number of thiazole rings is 1. The van der Waals surface area contributed by atoms with Crippen LogP contribution < -0.4 is 10.6 Å². The molecule has 0 radical (unpaired) electrons. The van der Waals surface area contributed by atoms with E-state index < -0.39 is 11.6 Å². The number of aromatic nitrogens is 3. The maximum Gasteiger partial charge on any atom is 0.263 e. The second kappa shape index (κ2) is 9.45. The topological polar surface area (TPSA) is 143 Å². The fourth-order valence-corrected chi connectivity index (χ4v) is 6.13. The first-order chi connectivity index (χ1) is 17.1. The number of rotatable bonds is 7. The van der Waals surface area contributed by atoms with Crippen molar-refractivity contribution < 1.29 is 19.8 Å². The molecule has 4 heterocycles. The van der Waals surface area contributed by atoms with E-state index >= 15 is 0 Å². The summed E-state index contributed by atoms with van der Waals surface area (Å²) in [6.45, 7) is 6.25. The van der Waals surface area contributed by atoms with Crippen LogP contribution in [0.1, 0.15) is 43.3 Å². The van der Waals surface area contributed by atoms with E-state index in [9.17, 15) is 19.8 Å². The first kappa shape index (κ1) is 24.7. The van der Waals surface area contributed by atoms with Crippen LogP contribution in [0.2, 0.25) is 0 Å². The van der Waals surface area contributed by atoms with E-state index in [1.165, 1.54) is 18.3 Å². The van der Waals surface area contributed by atoms with Crippen molar-refractivity contribution in [3.63, 3.8) is 0 Å². The highest BCUT2D eigenvalue weighted by molar-refractivity contribution is 7.17. The highest BCUT2D eigenvalue weighted by atomic mass is 32.1. The zero-order valence-electron chi connectivity index (χ0n) is 20.6. The van der Waals surface area contributed by atoms with Crippen molar-refractivity contribution in [2.45, 2.75) is 51.3 Å². The van der Waals surface area contributed by atoms with Crippen molar-refractivity contribution in [3.05, 3.63) is 29.5 Å². The molecule has 5 N–H and O–H groups in total. The Hall–Kier alpha value is -3.02. The molecule has 4 atom stereocenters. The van der Waals surface area contributed by atoms with E-state index in [4.69, 9.17) is 0 Å². The molecule has 3 aromatic heterocycles. The molecule has 1 aliphatic heterocycles. The van der Waals surface area contributed by atoms with E-state index in [1.807, 2.05) is 12.3 Å². The number of hydrogen-bond acceptors (Lipinski definition) is 8. The maximum absolute atomic E-state index is 12.7. The van der Waals surface area contributed by atoms with Crippen molar-refractivity contribution in [1.82, 2.24) is 25.2 Å². The second-order valence-electron chi connectivity index (χ2n) is 10.6. The van der Waals surface area contributed by atoms with Gasteiger partial charge in [-0.15, -0.1) is 11.3 Å². The number of carbonyl (C=O) groups excluding carboxylic acids is 2. The number of likely N-dealkylation sites (tertiary alicyclic amines) is 1. The number of aliphatic hydroxyl groups is 2. The Morgan fingerprint density at radius 3 is 2.64 bits per heavy atom. The minimum absolute atomic E-state index is 0.166. The van der Waals surface area contributed by atoms with Crippen molar-refractivity contribution in [1.29, 1.82) is 0 Å². The van der Waals surface area contributed by atoms with Gasteiger partial charge in [0, 0.05) is 36.9 Å². The lowest BCUT2D eigenvalue weighted by molar-refractivity contribution is -0.138. The number of aromatic amines is 1. The molecule has 3 aromatic rings. The Balaban J connectivity index is 1.36. The van der Waals surface area contributed by atoms with Crippen LogP contribution in [-0.2, 0) is 4.79 Å². The summed E-state index contributed by atoms with van der Waals surface area (Å²) in [6.07, 6.45) is 6.10. The summed E-state index contributed by atoms with van der Waals surface area (Å²) in [7, 11) is 0. The van der Waals surface area contributed by atoms with Gasteiger partial charge in [0.05, 0.1) is 29.6 Å². The van der Waals surface area contributed by atoms with Gasteiger partial charge >= 0.3 is 0 Å². The molecule has 0 bridgehead atoms. The van der Waals surface area contributed by atoms with E-state index in [0.29, 0.717) is 34.8 Å². The van der Waals surface area contributed by atoms with Gasteiger partial charge in [-0.1, -0.05) is 0 Å². The molecule has 1 aliphatic carbocycles. The molecule has 1 unspecified atom stereocenters. The number of fused-ring (bicyclic) bond motifs is 2. The Morgan fingerprint density at radius 2 is 1.97 bits per heavy atom. The van der Waals surface area contributed by atoms with Gasteiger partial charge in [0.1, 0.15) is 21.6 Å². The van der Waals surface area contributed by atoms with Crippen LogP contribution in [0.25, 0.3) is 21.6 Å². The number of anilines is 1. The van der Waals surface area contributed by atoms with Crippen molar-refractivity contribution in [3.8, 4) is 10.6 Å². The number of nitrogens with one attached hydrogen (secondary N) is 3. The summed E-state index contributed by atoms with van der Waals surface area (Å²) >= 11 is 1.29. The molecule has 36 heavy (non-hydrogen) atoms. The van der Waals surface area contributed by atoms with Gasteiger partial charge in [-0.3, -0.25) is 9.59 Å². The number of aliphatic hydroxyl groups excluding tert-OH is 2. The Labute approximate surface area is 213 Å². The molecule has 2 aliphatic rings. The fourth-order valence-electron chi connectivity index (χ4n) is 5.30. The lowest BCUT2D eigenvalue weighted by atomic mass is 10.0. The lowest BCUT2D eigenvalue weighted by Gasteiger charge is -2.22. The summed E-state index contributed by atoms with van der Waals surface area (Å²) in [6, 6.07) is 2.22. The summed E-state index contributed by atoms with van der Waals surface area (Å²) in [5.41, 5.74) is 1.80. The van der Waals surface area contributed by atoms with Crippen LogP contribution in [0.3, 0.4) is 0 Å². The van der Waals surface area contributed by atoms with Crippen LogP contribution in [0, 0.1) is 11.8 Å². The quantitative estimate of drug-likeness (QED) is 0.327. The Bertz CT molecular complexity index is 1270. The van der Waals surface area contributed by atoms with Crippen LogP contribution in [0.4, 0.5) is 5.69 Å². The second-order valence-corrected chi connectivity index (χ2v) is 11.6. The first-order valence-corrected chi connectivity index (χ1v) is 13.1. The van der Waals surface area contributed by atoms with Gasteiger partial charge in [0.15, 0.2) is 0 Å². The average molecular weight is 513 g/mol. The summed E-state index contributed by atoms with van der Waals surface area (Å²) in [4.78, 5) is 39.4. The molecule has 10 nitrogen and oxygen atoms in total. The van der Waals surface area contributed by atoms with E-state index in [2.05, 4.69) is 25.6 Å². The molecule has 5 rings (SSSR count). The van der Waals surface area contributed by atoms with Gasteiger partial charge in [0.25, 0.3) is 11.8 Å². The third kappa shape index (κ3) is 4.70. The molecule has 1 saturated carbocycles. The van der Waals surface area contributed by atoms with Gasteiger partial charge in [0.2, 0.25) is 0 Å². The first-order valence-electron chi connectivity index (χ1n) is 12.2. The Morgan fingerprint density at radius 1 is 1.25 bits per heavy atom. The number of nitrogens with zero attached hydrogens (tertiary/aromatic N) is 3. The molecule has 0 aromatic carbocycles. The zero-order chi connectivity index (χ0) is 25.6. The molecular formula is C25H32N6O4S. The monoisotopic (exact) mass is 512 g/mol. The SMILES string of the molecule is C[C@H](O)C(=O)N1C[C@H]2CC(Nc3c(-c4ncc(C(=O)NC(C)(C)CO)s4)cnc4[nH]ccc34)C[C@H]2C1. The standard InChI is InChI=1S/C25H32N6O4S/c1-13(33)24(35)31-10-14-6-16(7-15(14)11-31)29-20-17-4-5-26-21(17)27-8-18(20)23-28-9-19(36-23)22(34)30-25(2,3)12-32/h4-5,8-9,13-16,32-33H,6-7,10-12H2,1-3H3,(H,30,34)(H2,26,27,29)/t13-,14-,15+,16?/m0/s1. The van der Waals surface area contributed by atoms with E-state index in [1.54, 1.807) is 31.1 Å². The molecule has 2 amide bonds. The Kier molecular flexibility index (Phi) is 6.48. The zero-order valence-corrected chi connectivity index (χ0v) is 21.4. The summed E-state index contributed by atoms with van der Waals surface area (Å²) in [5.74, 6) is 0.345. The maximum atomic E-state index is 12.7. The van der Waals surface area contributed by atoms with Gasteiger partial charge in [-0.25, -0.2) is 9.97 Å². The normalized spacial score (nSPS) is 22.6. The molecule has 0 spiro atoms. The molecule has 1 saturated heterocycles. The third-order valence-corrected chi connectivity index (χ3v) is 8.19. The highest BCUT2D eigenvalue weighted by Crippen LogP contribution is 2.42. The summed E-state index contributed by atoms with van der Waals surface area (Å²) in [5, 5.41) is 27.3. The molecule has 192 valence electrons. The average Bonchev–Trinajstić information content (AvgIpc) is 3.61. The lowest BCUT2D eigenvalue weighted by Crippen LogP contribution is -2.46. The number of amides is 2. The van der Waals surface area contributed by atoms with Crippen LogP contribution in [-0.4, -0.2) is 79.3 Å². The predicted molar refractivity (Wildman–Crippen MR) is 138 cm³/mol. The van der Waals surface area contributed by atoms with Gasteiger partial charge < -0.3 is 30.7 Å². The fraction of sp³-hybridized carbons (Fsp3) is 0.520. The van der Waals surface area contributed by atoms with Crippen LogP contribution in [0.5, 0.6) is 0 Å². The van der Waals surface area contributed by atoms with Gasteiger partial charge in [-0.05, 0) is 51.5 Å². The molecular weight excluding hydrogens is 480 g/mol. The summed E-state index contributed by atoms with van der Waals surface area (Å²) < 4.78 is 0. The number of carbonyl (C=O) groups is 2. The highest BCUT2D eigenvalue weighted by Gasteiger charge is 2.43. The van der Waals surface area contributed by atoms with Gasteiger partial charge in [-0.2, -0.15) is 0 Å². The largest absolute Gasteiger partial charge is 0.394 e. The third-order valence-electron chi connectivity index (χ3n) is 7.16. The molecule has 11 heteroatoms. The smallest absolute Gasteiger partial charge is 0.263 e. The molecule has 2 fully saturated rings. The minimum Gasteiger partial charge on any atom is -0.394 e. The van der Waals surface area contributed by atoms with Crippen molar-refractivity contribution in [2.75, 3.05) is 25.0 Å². The van der Waals surface area contributed by atoms with Crippen LogP contribution >= 0.6 is 11.3 Å². The van der Waals surface area contributed by atoms with Crippen molar-refractivity contribution >= 4 is 39.9 Å². The van der Waals surface area contributed by atoms with Crippen molar-refractivity contribution in [2.24, 2.45) is 11.8 Å². The van der Waals surface area contributed by atoms with E-state index in [0.717, 1.165) is 35.1 Å².